The molecule has 1 saturated heterocycles. The van der Waals surface area contributed by atoms with E-state index in [-0.39, 0.29) is 28.0 Å². The zero-order valence-electron chi connectivity index (χ0n) is 17.6. The van der Waals surface area contributed by atoms with Gasteiger partial charge in [0.1, 0.15) is 6.54 Å². The molecule has 1 aliphatic heterocycles. The zero-order chi connectivity index (χ0) is 23.5. The summed E-state index contributed by atoms with van der Waals surface area (Å²) in [6.45, 7) is 2.06. The van der Waals surface area contributed by atoms with Gasteiger partial charge in [-0.15, -0.1) is 0 Å². The van der Waals surface area contributed by atoms with Crippen LogP contribution < -0.4 is 16.0 Å². The SMILES string of the molecule is COC(=O)c1cc(N2CCOCC2)ccc1NC(=O)Cn1c(=O)oc2cc([N+](=O)[O-])ccc21. The van der Waals surface area contributed by atoms with E-state index in [1.165, 1.54) is 19.2 Å². The number of carbonyl (C=O) groups is 2. The summed E-state index contributed by atoms with van der Waals surface area (Å²) in [6.07, 6.45) is 0. The molecular weight excluding hydrogens is 436 g/mol. The number of esters is 1. The van der Waals surface area contributed by atoms with Crippen LogP contribution in [0.4, 0.5) is 17.1 Å². The summed E-state index contributed by atoms with van der Waals surface area (Å²) < 4.78 is 16.3. The number of nitrogens with zero attached hydrogens (tertiary/aromatic N) is 3. The second-order valence-corrected chi connectivity index (χ2v) is 7.23. The summed E-state index contributed by atoms with van der Waals surface area (Å²) in [4.78, 5) is 49.6. The van der Waals surface area contributed by atoms with Crippen molar-refractivity contribution in [2.24, 2.45) is 0 Å². The smallest absolute Gasteiger partial charge is 0.420 e. The second kappa shape index (κ2) is 9.12. The number of non-ortho nitro benzene ring substituents is 1. The number of methoxy groups -OCH3 is 1. The largest absolute Gasteiger partial charge is 0.465 e. The number of carbonyl (C=O) groups excluding carboxylic acids is 2. The molecule has 0 atom stereocenters. The predicted molar refractivity (Wildman–Crippen MR) is 117 cm³/mol. The summed E-state index contributed by atoms with van der Waals surface area (Å²) in [5.74, 6) is -2.06. The second-order valence-electron chi connectivity index (χ2n) is 7.23. The number of benzene rings is 2. The maximum atomic E-state index is 12.7. The Balaban J connectivity index is 1.58. The first kappa shape index (κ1) is 22.0. The third kappa shape index (κ3) is 4.55. The van der Waals surface area contributed by atoms with Crippen LogP contribution in [0.1, 0.15) is 10.4 Å². The topological polar surface area (TPSA) is 146 Å². The Morgan fingerprint density at radius 1 is 1.18 bits per heavy atom. The number of oxazole rings is 1. The van der Waals surface area contributed by atoms with Crippen LogP contribution in [-0.2, 0) is 20.8 Å². The van der Waals surface area contributed by atoms with Crippen molar-refractivity contribution >= 4 is 40.0 Å². The van der Waals surface area contributed by atoms with E-state index in [1.54, 1.807) is 18.2 Å². The van der Waals surface area contributed by atoms with Crippen LogP contribution in [0.5, 0.6) is 0 Å². The molecule has 3 aromatic rings. The van der Waals surface area contributed by atoms with E-state index in [4.69, 9.17) is 13.9 Å². The minimum Gasteiger partial charge on any atom is -0.465 e. The molecule has 33 heavy (non-hydrogen) atoms. The van der Waals surface area contributed by atoms with Crippen molar-refractivity contribution in [2.75, 3.05) is 43.6 Å². The summed E-state index contributed by atoms with van der Waals surface area (Å²) in [6, 6.07) is 8.66. The molecule has 1 aromatic heterocycles. The number of hydrogen-bond acceptors (Lipinski definition) is 9. The van der Waals surface area contributed by atoms with Crippen molar-refractivity contribution in [3.8, 4) is 0 Å². The van der Waals surface area contributed by atoms with E-state index in [2.05, 4.69) is 10.2 Å². The molecular formula is C21H20N4O8. The van der Waals surface area contributed by atoms with E-state index in [0.29, 0.717) is 26.3 Å². The fraction of sp³-hybridized carbons (Fsp3) is 0.286. The Kier molecular flexibility index (Phi) is 6.09. The molecule has 172 valence electrons. The van der Waals surface area contributed by atoms with Crippen molar-refractivity contribution in [3.05, 3.63) is 62.6 Å². The summed E-state index contributed by atoms with van der Waals surface area (Å²) in [7, 11) is 1.24. The summed E-state index contributed by atoms with van der Waals surface area (Å²) in [5.41, 5.74) is 1.16. The van der Waals surface area contributed by atoms with Crippen molar-refractivity contribution in [1.29, 1.82) is 0 Å². The number of ether oxygens (including phenoxy) is 2. The highest BCUT2D eigenvalue weighted by atomic mass is 16.6. The molecule has 12 heteroatoms. The molecule has 4 rings (SSSR count). The van der Waals surface area contributed by atoms with Gasteiger partial charge in [-0.25, -0.2) is 9.59 Å². The van der Waals surface area contributed by atoms with Gasteiger partial charge in [-0.1, -0.05) is 0 Å². The first-order valence-corrected chi connectivity index (χ1v) is 10.00. The van der Waals surface area contributed by atoms with Crippen molar-refractivity contribution in [3.63, 3.8) is 0 Å². The number of rotatable bonds is 6. The third-order valence-corrected chi connectivity index (χ3v) is 5.22. The number of hydrogen-bond donors (Lipinski definition) is 1. The lowest BCUT2D eigenvalue weighted by atomic mass is 10.1. The molecule has 0 unspecified atom stereocenters. The molecule has 1 N–H and O–H groups in total. The average Bonchev–Trinajstić information content (AvgIpc) is 3.13. The average molecular weight is 456 g/mol. The van der Waals surface area contributed by atoms with Crippen LogP contribution in [0.3, 0.4) is 0 Å². The first-order chi connectivity index (χ1) is 15.9. The van der Waals surface area contributed by atoms with Gasteiger partial charge in [0.2, 0.25) is 5.91 Å². The highest BCUT2D eigenvalue weighted by Gasteiger charge is 2.20. The van der Waals surface area contributed by atoms with Crippen molar-refractivity contribution in [1.82, 2.24) is 4.57 Å². The van der Waals surface area contributed by atoms with E-state index in [1.807, 2.05) is 0 Å². The van der Waals surface area contributed by atoms with Crippen LogP contribution in [0.2, 0.25) is 0 Å². The molecule has 2 aromatic carbocycles. The fourth-order valence-electron chi connectivity index (χ4n) is 3.59. The Morgan fingerprint density at radius 3 is 2.64 bits per heavy atom. The number of nitro groups is 1. The Morgan fingerprint density at radius 2 is 1.94 bits per heavy atom. The normalized spacial score (nSPS) is 13.7. The molecule has 0 radical (unpaired) electrons. The standard InChI is InChI=1S/C21H20N4O8/c1-31-20(27)15-10-13(23-6-8-32-9-7-23)2-4-16(15)22-19(26)12-24-17-5-3-14(25(29)30)11-18(17)33-21(24)28/h2-5,10-11H,6-9,12H2,1H3,(H,22,26). The summed E-state index contributed by atoms with van der Waals surface area (Å²) >= 11 is 0. The summed E-state index contributed by atoms with van der Waals surface area (Å²) in [5, 5.41) is 13.5. The zero-order valence-corrected chi connectivity index (χ0v) is 17.6. The molecule has 12 nitrogen and oxygen atoms in total. The molecule has 0 saturated carbocycles. The van der Waals surface area contributed by atoms with E-state index in [9.17, 15) is 24.5 Å². The monoisotopic (exact) mass is 456 g/mol. The van der Waals surface area contributed by atoms with Crippen LogP contribution in [0, 0.1) is 10.1 Å². The van der Waals surface area contributed by atoms with Gasteiger partial charge in [-0.2, -0.15) is 0 Å². The Hall–Kier alpha value is -4.19. The lowest BCUT2D eigenvalue weighted by Gasteiger charge is -2.29. The van der Waals surface area contributed by atoms with Gasteiger partial charge >= 0.3 is 11.7 Å². The number of amides is 1. The third-order valence-electron chi connectivity index (χ3n) is 5.22. The van der Waals surface area contributed by atoms with Gasteiger partial charge in [0, 0.05) is 24.8 Å². The Bertz CT molecular complexity index is 1290. The highest BCUT2D eigenvalue weighted by Crippen LogP contribution is 2.25. The first-order valence-electron chi connectivity index (χ1n) is 10.00. The molecule has 1 aliphatic rings. The number of morpholine rings is 1. The molecule has 0 spiro atoms. The van der Waals surface area contributed by atoms with Crippen molar-refractivity contribution in [2.45, 2.75) is 6.54 Å². The Labute approximate surface area is 186 Å². The van der Waals surface area contributed by atoms with Crippen LogP contribution in [0.15, 0.2) is 45.6 Å². The van der Waals surface area contributed by atoms with Gasteiger partial charge in [0.05, 0.1) is 48.1 Å². The molecule has 0 bridgehead atoms. The molecule has 2 heterocycles. The predicted octanol–water partition coefficient (Wildman–Crippen LogP) is 1.76. The fourth-order valence-corrected chi connectivity index (χ4v) is 3.59. The van der Waals surface area contributed by atoms with Crippen molar-refractivity contribution < 1.29 is 28.4 Å². The lowest BCUT2D eigenvalue weighted by molar-refractivity contribution is -0.384. The number of anilines is 2. The highest BCUT2D eigenvalue weighted by molar-refractivity contribution is 6.02. The molecule has 0 aliphatic carbocycles. The maximum Gasteiger partial charge on any atom is 0.420 e. The lowest BCUT2D eigenvalue weighted by Crippen LogP contribution is -2.36. The van der Waals surface area contributed by atoms with Gasteiger partial charge in [0.15, 0.2) is 5.58 Å². The van der Waals surface area contributed by atoms with Gasteiger partial charge in [0.25, 0.3) is 5.69 Å². The van der Waals surface area contributed by atoms with Gasteiger partial charge < -0.3 is 24.1 Å². The molecule has 1 fully saturated rings. The minimum atomic E-state index is -0.837. The number of nitro benzene ring substituents is 1. The quantitative estimate of drug-likeness (QED) is 0.333. The van der Waals surface area contributed by atoms with Crippen LogP contribution in [0.25, 0.3) is 11.1 Å². The van der Waals surface area contributed by atoms with Crippen LogP contribution in [-0.4, -0.2) is 54.8 Å². The van der Waals surface area contributed by atoms with Gasteiger partial charge in [-0.3, -0.25) is 19.5 Å². The number of fused-ring (bicyclic) bond motifs is 1. The van der Waals surface area contributed by atoms with E-state index >= 15 is 0 Å². The number of nitrogens with one attached hydrogen (secondary N) is 1. The number of aromatic nitrogens is 1. The van der Waals surface area contributed by atoms with Gasteiger partial charge in [-0.05, 0) is 24.3 Å². The van der Waals surface area contributed by atoms with E-state index in [0.717, 1.165) is 16.3 Å². The van der Waals surface area contributed by atoms with Crippen LogP contribution >= 0.6 is 0 Å². The molecule has 1 amide bonds. The van der Waals surface area contributed by atoms with E-state index < -0.39 is 29.1 Å². The minimum absolute atomic E-state index is 0.00730. The maximum absolute atomic E-state index is 12.7.